The van der Waals surface area contributed by atoms with E-state index in [9.17, 15) is 0 Å². The van der Waals surface area contributed by atoms with Gasteiger partial charge in [0.05, 0.1) is 5.52 Å². The van der Waals surface area contributed by atoms with Crippen molar-refractivity contribution in [1.82, 2.24) is 19.9 Å². The van der Waals surface area contributed by atoms with Crippen LogP contribution in [0, 0.1) is 17.3 Å². The van der Waals surface area contributed by atoms with Crippen molar-refractivity contribution in [2.24, 2.45) is 17.3 Å². The standard InChI is InChI=1S/C31H51N5.C2H6/c1-8-10-15-27-34-28-25-19-24(16-17-26(25)33-30(32)29(28)35-27)14-12-11-13-18-36(7)21-22(3)20-31(5,6)23(4)9-2;1-2/h16-17,19,22-23H,8-15,18,20-21H2,1-7H3,(H2,32,33)(H,34,35);1-2H3. The zero-order chi connectivity index (χ0) is 28.3. The van der Waals surface area contributed by atoms with Crippen LogP contribution < -0.4 is 5.73 Å². The van der Waals surface area contributed by atoms with Crippen LogP contribution in [-0.2, 0) is 12.8 Å². The van der Waals surface area contributed by atoms with Gasteiger partial charge < -0.3 is 15.6 Å². The molecule has 0 saturated heterocycles. The van der Waals surface area contributed by atoms with Crippen molar-refractivity contribution in [2.45, 2.75) is 113 Å². The minimum Gasteiger partial charge on any atom is -0.382 e. The molecule has 0 fully saturated rings. The van der Waals surface area contributed by atoms with E-state index in [1.807, 2.05) is 13.8 Å². The second-order valence-corrected chi connectivity index (χ2v) is 12.0. The Kier molecular flexibility index (Phi) is 13.0. The number of anilines is 1. The number of hydrogen-bond donors (Lipinski definition) is 2. The first-order chi connectivity index (χ1) is 18.1. The van der Waals surface area contributed by atoms with E-state index in [0.29, 0.717) is 11.2 Å². The molecule has 3 rings (SSSR count). The van der Waals surface area contributed by atoms with E-state index in [-0.39, 0.29) is 0 Å². The number of fused-ring (bicyclic) bond motifs is 3. The van der Waals surface area contributed by atoms with Crippen LogP contribution in [0.2, 0.25) is 0 Å². The summed E-state index contributed by atoms with van der Waals surface area (Å²) in [7, 11) is 2.29. The average molecular weight is 524 g/mol. The summed E-state index contributed by atoms with van der Waals surface area (Å²) in [6, 6.07) is 6.59. The van der Waals surface area contributed by atoms with Gasteiger partial charge in [0.25, 0.3) is 0 Å². The fourth-order valence-corrected chi connectivity index (χ4v) is 5.70. The minimum atomic E-state index is 0.425. The summed E-state index contributed by atoms with van der Waals surface area (Å²) in [6.45, 7) is 20.6. The lowest BCUT2D eigenvalue weighted by Crippen LogP contribution is -2.30. The van der Waals surface area contributed by atoms with Crippen LogP contribution in [0.25, 0.3) is 21.9 Å². The van der Waals surface area contributed by atoms with E-state index in [2.05, 4.69) is 81.7 Å². The van der Waals surface area contributed by atoms with Crippen LogP contribution in [0.15, 0.2) is 18.2 Å². The molecule has 2 unspecified atom stereocenters. The number of hydrogen-bond acceptors (Lipinski definition) is 4. The highest BCUT2D eigenvalue weighted by Gasteiger charge is 2.26. The van der Waals surface area contributed by atoms with Crippen LogP contribution in [0.5, 0.6) is 0 Å². The molecule has 0 amide bonds. The third-order valence-corrected chi connectivity index (χ3v) is 8.28. The number of imidazole rings is 1. The lowest BCUT2D eigenvalue weighted by atomic mass is 9.73. The maximum absolute atomic E-state index is 6.23. The Morgan fingerprint density at radius 3 is 2.42 bits per heavy atom. The van der Waals surface area contributed by atoms with Gasteiger partial charge in [-0.15, -0.1) is 0 Å². The molecule has 0 spiro atoms. The molecule has 0 aliphatic carbocycles. The Morgan fingerprint density at radius 1 is 1.00 bits per heavy atom. The summed E-state index contributed by atoms with van der Waals surface area (Å²) >= 11 is 0. The number of nitrogens with one attached hydrogen (secondary N) is 1. The maximum atomic E-state index is 6.23. The van der Waals surface area contributed by atoms with Crippen molar-refractivity contribution < 1.29 is 0 Å². The molecule has 2 aromatic heterocycles. The average Bonchev–Trinajstić information content (AvgIpc) is 3.33. The molecule has 2 heterocycles. The van der Waals surface area contributed by atoms with E-state index in [0.717, 1.165) is 65.3 Å². The van der Waals surface area contributed by atoms with Gasteiger partial charge in [0.15, 0.2) is 0 Å². The number of nitrogens with two attached hydrogens (primary N) is 1. The van der Waals surface area contributed by atoms with Crippen molar-refractivity contribution in [3.63, 3.8) is 0 Å². The summed E-state index contributed by atoms with van der Waals surface area (Å²) in [5.74, 6) is 3.07. The fraction of sp³-hybridized carbons (Fsp3) is 0.697. The molecule has 0 bridgehead atoms. The van der Waals surface area contributed by atoms with Gasteiger partial charge >= 0.3 is 0 Å². The van der Waals surface area contributed by atoms with Crippen LogP contribution in [0.4, 0.5) is 5.82 Å². The van der Waals surface area contributed by atoms with E-state index >= 15 is 0 Å². The van der Waals surface area contributed by atoms with Crippen molar-refractivity contribution >= 4 is 27.8 Å². The molecule has 0 aliphatic rings. The monoisotopic (exact) mass is 523 g/mol. The van der Waals surface area contributed by atoms with Gasteiger partial charge in [-0.1, -0.05) is 80.7 Å². The largest absolute Gasteiger partial charge is 0.382 e. The quantitative estimate of drug-likeness (QED) is 0.195. The molecule has 0 radical (unpaired) electrons. The number of benzene rings is 1. The number of aromatic nitrogens is 3. The van der Waals surface area contributed by atoms with Gasteiger partial charge in [0.2, 0.25) is 0 Å². The van der Waals surface area contributed by atoms with Gasteiger partial charge in [-0.05, 0) is 80.6 Å². The number of pyridine rings is 1. The molecular weight excluding hydrogens is 466 g/mol. The summed E-state index contributed by atoms with van der Waals surface area (Å²) in [5.41, 5.74) is 10.8. The predicted octanol–water partition coefficient (Wildman–Crippen LogP) is 8.81. The van der Waals surface area contributed by atoms with Crippen molar-refractivity contribution in [1.29, 1.82) is 0 Å². The van der Waals surface area contributed by atoms with Gasteiger partial charge in [0.1, 0.15) is 22.7 Å². The third-order valence-electron chi connectivity index (χ3n) is 8.28. The third kappa shape index (κ3) is 8.97. The Labute approximate surface area is 233 Å². The Balaban J connectivity index is 0.00000247. The lowest BCUT2D eigenvalue weighted by molar-refractivity contribution is 0.153. The Hall–Kier alpha value is -2.14. The maximum Gasteiger partial charge on any atom is 0.150 e. The number of aryl methyl sites for hydroxylation is 2. The first-order valence-electron chi connectivity index (χ1n) is 15.4. The van der Waals surface area contributed by atoms with Crippen LogP contribution in [0.1, 0.15) is 112 Å². The SMILES string of the molecule is CC.CCCCc1nc2c([nH]1)c(N)nc1ccc(CCCCCN(C)CC(C)CC(C)(C)C(C)CC)cc12. The topological polar surface area (TPSA) is 70.8 Å². The van der Waals surface area contributed by atoms with E-state index in [1.165, 1.54) is 50.8 Å². The molecule has 5 nitrogen and oxygen atoms in total. The molecule has 3 aromatic rings. The normalized spacial score (nSPS) is 13.6. The van der Waals surface area contributed by atoms with E-state index in [1.54, 1.807) is 0 Å². The minimum absolute atomic E-state index is 0.425. The zero-order valence-electron chi connectivity index (χ0n) is 26.1. The van der Waals surface area contributed by atoms with Crippen molar-refractivity contribution in [3.05, 3.63) is 29.6 Å². The Bertz CT molecular complexity index is 1100. The van der Waals surface area contributed by atoms with Crippen LogP contribution in [0.3, 0.4) is 0 Å². The number of aromatic amines is 1. The molecule has 38 heavy (non-hydrogen) atoms. The lowest BCUT2D eigenvalue weighted by Gasteiger charge is -2.35. The number of H-pyrrole nitrogens is 1. The first-order valence-corrected chi connectivity index (χ1v) is 15.4. The molecule has 5 heteroatoms. The molecule has 2 atom stereocenters. The highest BCUT2D eigenvalue weighted by Crippen LogP contribution is 2.35. The Morgan fingerprint density at radius 2 is 1.74 bits per heavy atom. The van der Waals surface area contributed by atoms with Gasteiger partial charge in [-0.2, -0.15) is 0 Å². The molecule has 0 saturated carbocycles. The highest BCUT2D eigenvalue weighted by molar-refractivity contribution is 6.06. The molecule has 214 valence electrons. The van der Waals surface area contributed by atoms with Crippen LogP contribution in [-0.4, -0.2) is 40.0 Å². The second kappa shape index (κ2) is 15.5. The molecular formula is C33H57N5. The number of rotatable bonds is 15. The first kappa shape index (κ1) is 32.1. The number of nitrogen functional groups attached to an aromatic ring is 1. The highest BCUT2D eigenvalue weighted by atomic mass is 15.1. The van der Waals surface area contributed by atoms with Crippen molar-refractivity contribution in [2.75, 3.05) is 25.9 Å². The zero-order valence-corrected chi connectivity index (χ0v) is 26.1. The second-order valence-electron chi connectivity index (χ2n) is 12.0. The molecule has 3 N–H and O–H groups in total. The summed E-state index contributed by atoms with van der Waals surface area (Å²) < 4.78 is 0. The van der Waals surface area contributed by atoms with Crippen molar-refractivity contribution in [3.8, 4) is 0 Å². The molecule has 1 aromatic carbocycles. The van der Waals surface area contributed by atoms with E-state index < -0.39 is 0 Å². The summed E-state index contributed by atoms with van der Waals surface area (Å²) in [4.78, 5) is 15.5. The molecule has 0 aliphatic heterocycles. The summed E-state index contributed by atoms with van der Waals surface area (Å²) in [6.07, 6.45) is 10.6. The number of nitrogens with zero attached hydrogens (tertiary/aromatic N) is 3. The van der Waals surface area contributed by atoms with Gasteiger partial charge in [0, 0.05) is 18.4 Å². The van der Waals surface area contributed by atoms with E-state index in [4.69, 9.17) is 10.7 Å². The summed E-state index contributed by atoms with van der Waals surface area (Å²) in [5, 5.41) is 1.12. The fourth-order valence-electron chi connectivity index (χ4n) is 5.70. The smallest absolute Gasteiger partial charge is 0.150 e. The predicted molar refractivity (Wildman–Crippen MR) is 168 cm³/mol. The van der Waals surface area contributed by atoms with Crippen LogP contribution >= 0.6 is 0 Å². The van der Waals surface area contributed by atoms with Gasteiger partial charge in [-0.25, -0.2) is 9.97 Å². The van der Waals surface area contributed by atoms with Gasteiger partial charge in [-0.3, -0.25) is 0 Å². The number of unbranched alkanes of at least 4 members (excludes halogenated alkanes) is 3.